The number of aromatic nitrogens is 2. The maximum Gasteiger partial charge on any atom is 0.216 e. The number of rotatable bonds is 3. The molecule has 0 N–H and O–H groups in total. The van der Waals surface area contributed by atoms with Crippen LogP contribution >= 0.6 is 0 Å². The van der Waals surface area contributed by atoms with E-state index in [-0.39, 0.29) is 0 Å². The number of aryl methyl sites for hydroxylation is 1. The normalized spacial score (nSPS) is 17.2. The molecule has 0 aliphatic carbocycles. The van der Waals surface area contributed by atoms with Crippen molar-refractivity contribution in [2.75, 3.05) is 13.1 Å². The third kappa shape index (κ3) is 2.72. The molecule has 4 heteroatoms. The second-order valence-electron chi connectivity index (χ2n) is 3.94. The van der Waals surface area contributed by atoms with E-state index in [0.717, 1.165) is 25.2 Å². The van der Waals surface area contributed by atoms with Crippen LogP contribution in [0.15, 0.2) is 6.07 Å². The Balaban J connectivity index is 2.09. The van der Waals surface area contributed by atoms with Gasteiger partial charge >= 0.3 is 0 Å². The largest absolute Gasteiger partial charge is 0.296 e. The molecule has 0 amide bonds. The van der Waals surface area contributed by atoms with Crippen LogP contribution in [0.25, 0.3) is 0 Å². The predicted molar refractivity (Wildman–Crippen MR) is 55.9 cm³/mol. The van der Waals surface area contributed by atoms with E-state index < -0.39 is 5.95 Å². The Labute approximate surface area is 89.3 Å². The number of hydrogen-bond acceptors (Lipinski definition) is 3. The first-order chi connectivity index (χ1) is 7.28. The van der Waals surface area contributed by atoms with Gasteiger partial charge in [-0.2, -0.15) is 4.39 Å². The molecular weight excluding hydrogens is 193 g/mol. The van der Waals surface area contributed by atoms with Gasteiger partial charge in [0, 0.05) is 11.8 Å². The molecule has 0 spiro atoms. The lowest BCUT2D eigenvalue weighted by molar-refractivity contribution is 0.319. The molecule has 2 heterocycles. The van der Waals surface area contributed by atoms with Crippen molar-refractivity contribution in [3.8, 4) is 0 Å². The fraction of sp³-hybridized carbons (Fsp3) is 0.636. The van der Waals surface area contributed by atoms with Crippen molar-refractivity contribution in [3.63, 3.8) is 0 Å². The van der Waals surface area contributed by atoms with Crippen LogP contribution in [0.2, 0.25) is 0 Å². The highest BCUT2D eigenvalue weighted by atomic mass is 19.1. The van der Waals surface area contributed by atoms with Crippen LogP contribution in [0, 0.1) is 5.95 Å². The van der Waals surface area contributed by atoms with Gasteiger partial charge in [0.1, 0.15) is 5.82 Å². The Morgan fingerprint density at radius 3 is 2.73 bits per heavy atom. The van der Waals surface area contributed by atoms with Gasteiger partial charge in [-0.25, -0.2) is 9.97 Å². The van der Waals surface area contributed by atoms with Crippen molar-refractivity contribution in [1.29, 1.82) is 0 Å². The molecule has 2 rings (SSSR count). The third-order valence-corrected chi connectivity index (χ3v) is 2.72. The minimum atomic E-state index is -0.406. The smallest absolute Gasteiger partial charge is 0.216 e. The van der Waals surface area contributed by atoms with E-state index in [1.54, 1.807) is 0 Å². The molecule has 1 aliphatic rings. The van der Waals surface area contributed by atoms with E-state index >= 15 is 0 Å². The first-order valence-corrected chi connectivity index (χ1v) is 5.52. The standard InChI is InChI=1S/C11H16FN3/c1-2-9-7-10(12)14-11(13-9)8-15-5-3-4-6-15/h7H,2-6,8H2,1H3. The summed E-state index contributed by atoms with van der Waals surface area (Å²) in [6, 6.07) is 1.41. The lowest BCUT2D eigenvalue weighted by Crippen LogP contribution is -2.20. The fourth-order valence-corrected chi connectivity index (χ4v) is 1.91. The maximum absolute atomic E-state index is 13.1. The van der Waals surface area contributed by atoms with Crippen LogP contribution < -0.4 is 0 Å². The van der Waals surface area contributed by atoms with Crippen molar-refractivity contribution in [3.05, 3.63) is 23.5 Å². The van der Waals surface area contributed by atoms with E-state index in [9.17, 15) is 4.39 Å². The summed E-state index contributed by atoms with van der Waals surface area (Å²) in [6.45, 7) is 4.83. The minimum absolute atomic E-state index is 0.406. The number of halogens is 1. The molecule has 0 bridgehead atoms. The summed E-state index contributed by atoms with van der Waals surface area (Å²) in [5.41, 5.74) is 0.789. The Kier molecular flexibility index (Phi) is 3.26. The lowest BCUT2D eigenvalue weighted by Gasteiger charge is -2.13. The molecule has 1 aromatic rings. The molecule has 3 nitrogen and oxygen atoms in total. The van der Waals surface area contributed by atoms with Gasteiger partial charge in [-0.05, 0) is 32.4 Å². The van der Waals surface area contributed by atoms with E-state index in [2.05, 4.69) is 14.9 Å². The van der Waals surface area contributed by atoms with Crippen molar-refractivity contribution in [2.24, 2.45) is 0 Å². The van der Waals surface area contributed by atoms with E-state index in [1.807, 2.05) is 6.92 Å². The molecule has 1 aromatic heterocycles. The van der Waals surface area contributed by atoms with Crippen molar-refractivity contribution in [2.45, 2.75) is 32.7 Å². The van der Waals surface area contributed by atoms with Crippen LogP contribution in [0.5, 0.6) is 0 Å². The van der Waals surface area contributed by atoms with Gasteiger partial charge in [0.05, 0.1) is 6.54 Å². The summed E-state index contributed by atoms with van der Waals surface area (Å²) in [5, 5.41) is 0. The number of hydrogen-bond donors (Lipinski definition) is 0. The van der Waals surface area contributed by atoms with Gasteiger partial charge < -0.3 is 0 Å². The summed E-state index contributed by atoms with van der Waals surface area (Å²) in [5.74, 6) is 0.213. The quantitative estimate of drug-likeness (QED) is 0.710. The molecule has 0 saturated carbocycles. The van der Waals surface area contributed by atoms with Crippen LogP contribution in [-0.4, -0.2) is 28.0 Å². The van der Waals surface area contributed by atoms with Gasteiger partial charge in [0.2, 0.25) is 5.95 Å². The topological polar surface area (TPSA) is 29.0 Å². The first-order valence-electron chi connectivity index (χ1n) is 5.52. The molecule has 0 unspecified atom stereocenters. The highest BCUT2D eigenvalue weighted by molar-refractivity contribution is 5.03. The maximum atomic E-state index is 13.1. The summed E-state index contributed by atoms with van der Waals surface area (Å²) in [4.78, 5) is 10.4. The minimum Gasteiger partial charge on any atom is -0.296 e. The Morgan fingerprint density at radius 2 is 2.07 bits per heavy atom. The summed E-state index contributed by atoms with van der Waals surface area (Å²) >= 11 is 0. The van der Waals surface area contributed by atoms with Gasteiger partial charge in [0.25, 0.3) is 0 Å². The zero-order chi connectivity index (χ0) is 10.7. The van der Waals surface area contributed by atoms with Crippen LogP contribution in [0.1, 0.15) is 31.3 Å². The average Bonchev–Trinajstić information content (AvgIpc) is 2.69. The third-order valence-electron chi connectivity index (χ3n) is 2.72. The molecule has 1 fully saturated rings. The molecule has 82 valence electrons. The molecule has 1 aliphatic heterocycles. The molecular formula is C11H16FN3. The molecule has 15 heavy (non-hydrogen) atoms. The van der Waals surface area contributed by atoms with Crippen molar-refractivity contribution >= 4 is 0 Å². The van der Waals surface area contributed by atoms with Crippen molar-refractivity contribution in [1.82, 2.24) is 14.9 Å². The Morgan fingerprint density at radius 1 is 1.33 bits per heavy atom. The molecule has 1 saturated heterocycles. The second-order valence-corrected chi connectivity index (χ2v) is 3.94. The first kappa shape index (κ1) is 10.5. The van der Waals surface area contributed by atoms with Crippen LogP contribution in [0.4, 0.5) is 4.39 Å². The zero-order valence-electron chi connectivity index (χ0n) is 9.04. The summed E-state index contributed by atoms with van der Waals surface area (Å²) < 4.78 is 13.1. The van der Waals surface area contributed by atoms with Crippen LogP contribution in [-0.2, 0) is 13.0 Å². The average molecular weight is 209 g/mol. The SMILES string of the molecule is CCc1cc(F)nc(CN2CCCC2)n1. The molecule has 0 radical (unpaired) electrons. The molecule has 0 atom stereocenters. The van der Waals surface area contributed by atoms with E-state index in [4.69, 9.17) is 0 Å². The van der Waals surface area contributed by atoms with Gasteiger partial charge in [0.15, 0.2) is 0 Å². The van der Waals surface area contributed by atoms with E-state index in [0.29, 0.717) is 12.4 Å². The van der Waals surface area contributed by atoms with Gasteiger partial charge in [-0.15, -0.1) is 0 Å². The van der Waals surface area contributed by atoms with E-state index in [1.165, 1.54) is 18.9 Å². The monoisotopic (exact) mass is 209 g/mol. The fourth-order valence-electron chi connectivity index (χ4n) is 1.91. The zero-order valence-corrected chi connectivity index (χ0v) is 9.04. The van der Waals surface area contributed by atoms with Gasteiger partial charge in [-0.3, -0.25) is 4.90 Å². The van der Waals surface area contributed by atoms with Crippen LogP contribution in [0.3, 0.4) is 0 Å². The van der Waals surface area contributed by atoms with Gasteiger partial charge in [-0.1, -0.05) is 6.92 Å². The highest BCUT2D eigenvalue weighted by Gasteiger charge is 2.14. The van der Waals surface area contributed by atoms with Crippen molar-refractivity contribution < 1.29 is 4.39 Å². The number of nitrogens with zero attached hydrogens (tertiary/aromatic N) is 3. The lowest BCUT2D eigenvalue weighted by atomic mass is 10.3. The second kappa shape index (κ2) is 4.66. The predicted octanol–water partition coefficient (Wildman–Crippen LogP) is 1.77. The highest BCUT2D eigenvalue weighted by Crippen LogP contribution is 2.11. The Hall–Kier alpha value is -1.03. The number of likely N-dealkylation sites (tertiary alicyclic amines) is 1. The molecule has 0 aromatic carbocycles. The summed E-state index contributed by atoms with van der Waals surface area (Å²) in [7, 11) is 0. The summed E-state index contributed by atoms with van der Waals surface area (Å²) in [6.07, 6.45) is 3.22. The Bertz CT molecular complexity index is 335.